The summed E-state index contributed by atoms with van der Waals surface area (Å²) < 4.78 is 27.3. The van der Waals surface area contributed by atoms with Gasteiger partial charge in [-0.3, -0.25) is 4.79 Å². The van der Waals surface area contributed by atoms with Gasteiger partial charge in [0.25, 0.3) is 0 Å². The van der Waals surface area contributed by atoms with E-state index in [0.717, 1.165) is 16.0 Å². The van der Waals surface area contributed by atoms with Gasteiger partial charge >= 0.3 is 0 Å². The molecule has 3 rings (SSSR count). The first-order valence-electron chi connectivity index (χ1n) is 9.37. The van der Waals surface area contributed by atoms with Crippen LogP contribution in [0.5, 0.6) is 0 Å². The van der Waals surface area contributed by atoms with Crippen molar-refractivity contribution in [1.29, 1.82) is 0 Å². The van der Waals surface area contributed by atoms with Crippen molar-refractivity contribution >= 4 is 27.7 Å². The summed E-state index contributed by atoms with van der Waals surface area (Å²) in [4.78, 5) is 15.9. The van der Waals surface area contributed by atoms with Gasteiger partial charge in [0, 0.05) is 31.1 Å². The third-order valence-electron chi connectivity index (χ3n) is 5.07. The number of hydrogen-bond donors (Lipinski definition) is 0. The van der Waals surface area contributed by atoms with E-state index in [1.54, 1.807) is 17.0 Å². The summed E-state index contributed by atoms with van der Waals surface area (Å²) in [6, 6.07) is 15.1. The number of aryl methyl sites for hydroxylation is 2. The van der Waals surface area contributed by atoms with Crippen LogP contribution in [0.1, 0.15) is 18.1 Å². The fourth-order valence-electron chi connectivity index (χ4n) is 3.18. The van der Waals surface area contributed by atoms with E-state index >= 15 is 0 Å². The first-order chi connectivity index (χ1) is 13.3. The second-order valence-electron chi connectivity index (χ2n) is 7.05. The van der Waals surface area contributed by atoms with Gasteiger partial charge in [-0.15, -0.1) is 11.8 Å². The van der Waals surface area contributed by atoms with Gasteiger partial charge in [0.1, 0.15) is 0 Å². The number of piperazine rings is 1. The minimum absolute atomic E-state index is 0.0529. The molecule has 0 radical (unpaired) electrons. The Labute approximate surface area is 171 Å². The second-order valence-corrected chi connectivity index (χ2v) is 10.4. The van der Waals surface area contributed by atoms with Crippen molar-refractivity contribution < 1.29 is 13.2 Å². The van der Waals surface area contributed by atoms with E-state index < -0.39 is 10.0 Å². The molecule has 0 unspecified atom stereocenters. The van der Waals surface area contributed by atoms with Crippen LogP contribution in [0.3, 0.4) is 0 Å². The molecule has 1 heterocycles. The van der Waals surface area contributed by atoms with E-state index in [-0.39, 0.29) is 11.2 Å². The zero-order valence-electron chi connectivity index (χ0n) is 16.5. The highest BCUT2D eigenvalue weighted by atomic mass is 32.2. The molecule has 0 aliphatic carbocycles. The summed E-state index contributed by atoms with van der Waals surface area (Å²) in [7, 11) is -3.53. The molecule has 0 aromatic heterocycles. The maximum atomic E-state index is 12.9. The minimum Gasteiger partial charge on any atom is -0.339 e. The van der Waals surface area contributed by atoms with Crippen LogP contribution in [-0.4, -0.2) is 55.0 Å². The van der Waals surface area contributed by atoms with E-state index in [9.17, 15) is 13.2 Å². The van der Waals surface area contributed by atoms with E-state index in [1.165, 1.54) is 16.1 Å². The molecular weight excluding hydrogens is 392 g/mol. The normalized spacial score (nSPS) is 16.8. The van der Waals surface area contributed by atoms with Gasteiger partial charge in [0.15, 0.2) is 0 Å². The quantitative estimate of drug-likeness (QED) is 0.699. The maximum absolute atomic E-state index is 12.9. The van der Waals surface area contributed by atoms with E-state index in [2.05, 4.69) is 0 Å². The lowest BCUT2D eigenvalue weighted by molar-refractivity contribution is -0.131. The minimum atomic E-state index is -3.53. The third-order valence-corrected chi connectivity index (χ3v) is 8.06. The molecule has 1 aliphatic heterocycles. The van der Waals surface area contributed by atoms with Crippen molar-refractivity contribution in [1.82, 2.24) is 9.21 Å². The number of carbonyl (C=O) groups is 1. The van der Waals surface area contributed by atoms with Crippen LogP contribution >= 0.6 is 11.8 Å². The summed E-state index contributed by atoms with van der Waals surface area (Å²) in [6.07, 6.45) is 0. The SMILES string of the molecule is Cc1ccc(S(=O)(=O)N2CCN(C(=O)[C@@H](C)Sc3ccccc3)CC2)cc1C. The van der Waals surface area contributed by atoms with E-state index in [4.69, 9.17) is 0 Å². The number of nitrogens with zero attached hydrogens (tertiary/aromatic N) is 2. The molecule has 1 saturated heterocycles. The molecule has 0 N–H and O–H groups in total. The Kier molecular flexibility index (Phi) is 6.47. The zero-order chi connectivity index (χ0) is 20.3. The number of amides is 1. The molecule has 1 fully saturated rings. The van der Waals surface area contributed by atoms with E-state index in [0.29, 0.717) is 31.1 Å². The lowest BCUT2D eigenvalue weighted by Gasteiger charge is -2.35. The van der Waals surface area contributed by atoms with Crippen molar-refractivity contribution in [2.24, 2.45) is 0 Å². The molecule has 1 atom stereocenters. The molecule has 150 valence electrons. The zero-order valence-corrected chi connectivity index (χ0v) is 18.1. The van der Waals surface area contributed by atoms with Crippen LogP contribution in [0.2, 0.25) is 0 Å². The molecule has 2 aromatic rings. The van der Waals surface area contributed by atoms with Gasteiger partial charge < -0.3 is 4.90 Å². The van der Waals surface area contributed by atoms with Gasteiger partial charge in [-0.25, -0.2) is 8.42 Å². The molecule has 1 aliphatic rings. The number of rotatable bonds is 5. The predicted octanol–water partition coefficient (Wildman–Crippen LogP) is 3.32. The summed E-state index contributed by atoms with van der Waals surface area (Å²) in [5, 5.41) is -0.203. The summed E-state index contributed by atoms with van der Waals surface area (Å²) >= 11 is 1.53. The third kappa shape index (κ3) is 4.59. The summed E-state index contributed by atoms with van der Waals surface area (Å²) in [6.45, 7) is 7.26. The average molecular weight is 419 g/mol. The highest BCUT2D eigenvalue weighted by molar-refractivity contribution is 8.00. The number of sulfonamides is 1. The molecule has 0 saturated carbocycles. The first-order valence-corrected chi connectivity index (χ1v) is 11.7. The van der Waals surface area contributed by atoms with E-state index in [1.807, 2.05) is 57.2 Å². The van der Waals surface area contributed by atoms with Crippen molar-refractivity contribution in [3.63, 3.8) is 0 Å². The Morgan fingerprint density at radius 3 is 2.21 bits per heavy atom. The van der Waals surface area contributed by atoms with Gasteiger partial charge in [-0.05, 0) is 56.2 Å². The lowest BCUT2D eigenvalue weighted by Crippen LogP contribution is -2.52. The predicted molar refractivity (Wildman–Crippen MR) is 113 cm³/mol. The van der Waals surface area contributed by atoms with Crippen molar-refractivity contribution in [2.75, 3.05) is 26.2 Å². The van der Waals surface area contributed by atoms with Gasteiger partial charge in [0.2, 0.25) is 15.9 Å². The van der Waals surface area contributed by atoms with Crippen molar-refractivity contribution in [3.8, 4) is 0 Å². The summed E-state index contributed by atoms with van der Waals surface area (Å²) in [5.74, 6) is 0.0529. The van der Waals surface area contributed by atoms with Crippen molar-refractivity contribution in [2.45, 2.75) is 35.8 Å². The summed E-state index contributed by atoms with van der Waals surface area (Å²) in [5.41, 5.74) is 2.03. The number of hydrogen-bond acceptors (Lipinski definition) is 4. The lowest BCUT2D eigenvalue weighted by atomic mass is 10.1. The Hall–Kier alpha value is -1.83. The molecule has 5 nitrogen and oxygen atoms in total. The Balaban J connectivity index is 1.61. The highest BCUT2D eigenvalue weighted by Gasteiger charge is 2.31. The van der Waals surface area contributed by atoms with Gasteiger partial charge in [-0.2, -0.15) is 4.31 Å². The molecular formula is C21H26N2O3S2. The second kappa shape index (κ2) is 8.68. The fraction of sp³-hybridized carbons (Fsp3) is 0.381. The molecule has 1 amide bonds. The molecule has 0 bridgehead atoms. The van der Waals surface area contributed by atoms with Crippen LogP contribution in [0.15, 0.2) is 58.3 Å². The Morgan fingerprint density at radius 1 is 0.964 bits per heavy atom. The molecule has 7 heteroatoms. The highest BCUT2D eigenvalue weighted by Crippen LogP contribution is 2.25. The number of carbonyl (C=O) groups excluding carboxylic acids is 1. The molecule has 0 spiro atoms. The fourth-order valence-corrected chi connectivity index (χ4v) is 5.66. The van der Waals surface area contributed by atoms with Crippen LogP contribution in [0.4, 0.5) is 0 Å². The maximum Gasteiger partial charge on any atom is 0.243 e. The average Bonchev–Trinajstić information content (AvgIpc) is 2.70. The van der Waals surface area contributed by atoms with Gasteiger partial charge in [-0.1, -0.05) is 24.3 Å². The first kappa shape index (κ1) is 20.9. The number of benzene rings is 2. The number of thioether (sulfide) groups is 1. The Morgan fingerprint density at radius 2 is 1.61 bits per heavy atom. The van der Waals surface area contributed by atoms with Gasteiger partial charge in [0.05, 0.1) is 10.1 Å². The topological polar surface area (TPSA) is 57.7 Å². The Bertz CT molecular complexity index is 937. The van der Waals surface area contributed by atoms with Crippen LogP contribution in [0, 0.1) is 13.8 Å². The standard InChI is InChI=1S/C21H26N2O3S2/c1-16-9-10-20(15-17(16)2)28(25,26)23-13-11-22(12-14-23)21(24)18(3)27-19-7-5-4-6-8-19/h4-10,15,18H,11-14H2,1-3H3/t18-/m1/s1. The van der Waals surface area contributed by atoms with Crippen LogP contribution < -0.4 is 0 Å². The van der Waals surface area contributed by atoms with Crippen LogP contribution in [0.25, 0.3) is 0 Å². The molecule has 2 aromatic carbocycles. The smallest absolute Gasteiger partial charge is 0.243 e. The largest absolute Gasteiger partial charge is 0.339 e. The van der Waals surface area contributed by atoms with Crippen molar-refractivity contribution in [3.05, 3.63) is 59.7 Å². The van der Waals surface area contributed by atoms with Crippen LogP contribution in [-0.2, 0) is 14.8 Å². The monoisotopic (exact) mass is 418 g/mol. The molecule has 28 heavy (non-hydrogen) atoms.